The predicted molar refractivity (Wildman–Crippen MR) is 93.9 cm³/mol. The van der Waals surface area contributed by atoms with Crippen LogP contribution in [-0.4, -0.2) is 38.3 Å². The molecule has 0 amide bonds. The van der Waals surface area contributed by atoms with E-state index in [9.17, 15) is 0 Å². The normalized spacial score (nSPS) is 20.7. The van der Waals surface area contributed by atoms with Crippen LogP contribution in [0.25, 0.3) is 0 Å². The molecule has 3 N–H and O–H groups in total. The molecule has 1 spiro atoms. The second-order valence-electron chi connectivity index (χ2n) is 6.58. The smallest absolute Gasteiger partial charge is 0.168 e. The highest BCUT2D eigenvalue weighted by atomic mass is 16.7. The number of aryl methyl sites for hydroxylation is 1. The summed E-state index contributed by atoms with van der Waals surface area (Å²) in [6.07, 6.45) is 5.37. The van der Waals surface area contributed by atoms with Gasteiger partial charge in [0.2, 0.25) is 0 Å². The van der Waals surface area contributed by atoms with Gasteiger partial charge in [0.05, 0.1) is 13.2 Å². The SMILES string of the molecule is CNc1cc(C)c(C)c(NC2CCC3(CC2)OCCO3)c1C=N. The summed E-state index contributed by atoms with van der Waals surface area (Å²) in [5.74, 6) is -0.319. The Morgan fingerprint density at radius 3 is 2.43 bits per heavy atom. The Morgan fingerprint density at radius 2 is 1.87 bits per heavy atom. The molecule has 0 atom stereocenters. The Bertz CT molecular complexity index is 584. The van der Waals surface area contributed by atoms with Crippen LogP contribution in [0.15, 0.2) is 6.07 Å². The van der Waals surface area contributed by atoms with Crippen molar-refractivity contribution in [2.45, 2.75) is 51.4 Å². The molecule has 0 aromatic heterocycles. The van der Waals surface area contributed by atoms with Crippen LogP contribution in [0.4, 0.5) is 11.4 Å². The van der Waals surface area contributed by atoms with Crippen LogP contribution in [0.3, 0.4) is 0 Å². The molecule has 1 saturated heterocycles. The van der Waals surface area contributed by atoms with Crippen LogP contribution < -0.4 is 10.6 Å². The first-order valence-electron chi connectivity index (χ1n) is 8.45. The average Bonchev–Trinajstić information content (AvgIpc) is 3.02. The van der Waals surface area contributed by atoms with Gasteiger partial charge in [-0.3, -0.25) is 0 Å². The lowest BCUT2D eigenvalue weighted by molar-refractivity contribution is -0.177. The lowest BCUT2D eigenvalue weighted by Gasteiger charge is -2.36. The largest absolute Gasteiger partial charge is 0.388 e. The highest BCUT2D eigenvalue weighted by molar-refractivity contribution is 5.95. The number of rotatable bonds is 4. The Kier molecular flexibility index (Phi) is 4.60. The van der Waals surface area contributed by atoms with Gasteiger partial charge in [-0.25, -0.2) is 0 Å². The summed E-state index contributed by atoms with van der Waals surface area (Å²) in [5.41, 5.74) is 5.47. The quantitative estimate of drug-likeness (QED) is 0.744. The third-order valence-corrected chi connectivity index (χ3v) is 5.21. The number of benzene rings is 1. The van der Waals surface area contributed by atoms with E-state index in [4.69, 9.17) is 14.9 Å². The molecule has 1 aromatic carbocycles. The molecular formula is C18H27N3O2. The summed E-state index contributed by atoms with van der Waals surface area (Å²) in [4.78, 5) is 0. The van der Waals surface area contributed by atoms with Crippen LogP contribution >= 0.6 is 0 Å². The fraction of sp³-hybridized carbons (Fsp3) is 0.611. The number of hydrogen-bond donors (Lipinski definition) is 3. The van der Waals surface area contributed by atoms with E-state index in [1.807, 2.05) is 7.05 Å². The molecule has 0 unspecified atom stereocenters. The summed E-state index contributed by atoms with van der Waals surface area (Å²) in [7, 11) is 1.90. The second kappa shape index (κ2) is 6.49. The van der Waals surface area contributed by atoms with Crippen molar-refractivity contribution < 1.29 is 9.47 Å². The molecule has 3 rings (SSSR count). The molecule has 5 nitrogen and oxygen atoms in total. The van der Waals surface area contributed by atoms with E-state index in [0.29, 0.717) is 6.04 Å². The van der Waals surface area contributed by atoms with E-state index in [1.54, 1.807) is 0 Å². The highest BCUT2D eigenvalue weighted by Crippen LogP contribution is 2.38. The first-order chi connectivity index (χ1) is 11.1. The molecule has 0 radical (unpaired) electrons. The maximum Gasteiger partial charge on any atom is 0.168 e. The molecule has 2 aliphatic rings. The van der Waals surface area contributed by atoms with Crippen LogP contribution in [-0.2, 0) is 9.47 Å². The minimum absolute atomic E-state index is 0.319. The van der Waals surface area contributed by atoms with E-state index < -0.39 is 0 Å². The monoisotopic (exact) mass is 317 g/mol. The molecule has 23 heavy (non-hydrogen) atoms. The zero-order valence-corrected chi connectivity index (χ0v) is 14.3. The lowest BCUT2D eigenvalue weighted by Crippen LogP contribution is -2.39. The Morgan fingerprint density at radius 1 is 1.22 bits per heavy atom. The molecule has 1 aromatic rings. The molecule has 0 bridgehead atoms. The predicted octanol–water partition coefficient (Wildman–Crippen LogP) is 3.44. The standard InChI is InChI=1S/C18H27N3O2/c1-12-10-16(20-3)15(11-19)17(13(12)2)21-14-4-6-18(7-5-14)22-8-9-23-18/h10-11,14,19-21H,4-9H2,1-3H3. The minimum atomic E-state index is -0.319. The average molecular weight is 317 g/mol. The number of hydrogen-bond acceptors (Lipinski definition) is 5. The number of anilines is 2. The first kappa shape index (κ1) is 16.3. The third-order valence-electron chi connectivity index (χ3n) is 5.21. The molecule has 5 heteroatoms. The maximum atomic E-state index is 7.80. The van der Waals surface area contributed by atoms with E-state index in [-0.39, 0.29) is 5.79 Å². The zero-order valence-electron chi connectivity index (χ0n) is 14.3. The minimum Gasteiger partial charge on any atom is -0.388 e. The molecule has 1 heterocycles. The van der Waals surface area contributed by atoms with Gasteiger partial charge in [0.25, 0.3) is 0 Å². The van der Waals surface area contributed by atoms with Gasteiger partial charge in [-0.1, -0.05) is 0 Å². The van der Waals surface area contributed by atoms with Crippen molar-refractivity contribution in [2.24, 2.45) is 0 Å². The van der Waals surface area contributed by atoms with Crippen molar-refractivity contribution in [3.8, 4) is 0 Å². The highest BCUT2D eigenvalue weighted by Gasteiger charge is 2.40. The molecule has 2 fully saturated rings. The van der Waals surface area contributed by atoms with Crippen molar-refractivity contribution in [3.05, 3.63) is 22.8 Å². The topological polar surface area (TPSA) is 66.4 Å². The van der Waals surface area contributed by atoms with Gasteiger partial charge in [-0.05, 0) is 43.9 Å². The maximum absolute atomic E-state index is 7.80. The summed E-state index contributed by atoms with van der Waals surface area (Å²) < 4.78 is 11.6. The molecule has 1 aliphatic heterocycles. The van der Waals surface area contributed by atoms with Crippen molar-refractivity contribution in [1.82, 2.24) is 0 Å². The van der Waals surface area contributed by atoms with E-state index in [1.165, 1.54) is 17.3 Å². The Labute approximate surface area is 138 Å². The molecule has 126 valence electrons. The summed E-state index contributed by atoms with van der Waals surface area (Å²) in [5, 5.41) is 14.7. The van der Waals surface area contributed by atoms with Crippen LogP contribution in [0, 0.1) is 19.3 Å². The number of nitrogens with one attached hydrogen (secondary N) is 3. The Hall–Kier alpha value is -1.59. The van der Waals surface area contributed by atoms with Gasteiger partial charge in [-0.15, -0.1) is 0 Å². The van der Waals surface area contributed by atoms with Gasteiger partial charge in [0.1, 0.15) is 0 Å². The van der Waals surface area contributed by atoms with Crippen LogP contribution in [0.2, 0.25) is 0 Å². The van der Waals surface area contributed by atoms with Gasteiger partial charge in [-0.2, -0.15) is 0 Å². The van der Waals surface area contributed by atoms with E-state index >= 15 is 0 Å². The lowest BCUT2D eigenvalue weighted by atomic mass is 9.89. The third kappa shape index (κ3) is 3.08. The van der Waals surface area contributed by atoms with Gasteiger partial charge >= 0.3 is 0 Å². The fourth-order valence-corrected chi connectivity index (χ4v) is 3.67. The zero-order chi connectivity index (χ0) is 16.4. The summed E-state index contributed by atoms with van der Waals surface area (Å²) in [6, 6.07) is 2.51. The summed E-state index contributed by atoms with van der Waals surface area (Å²) in [6.45, 7) is 5.68. The first-order valence-corrected chi connectivity index (χ1v) is 8.45. The van der Waals surface area contributed by atoms with Gasteiger partial charge < -0.3 is 25.5 Å². The van der Waals surface area contributed by atoms with Crippen molar-refractivity contribution >= 4 is 17.6 Å². The van der Waals surface area contributed by atoms with Gasteiger partial charge in [0, 0.05) is 49.1 Å². The van der Waals surface area contributed by atoms with Crippen molar-refractivity contribution in [2.75, 3.05) is 30.9 Å². The fourth-order valence-electron chi connectivity index (χ4n) is 3.67. The van der Waals surface area contributed by atoms with Crippen molar-refractivity contribution in [1.29, 1.82) is 5.41 Å². The second-order valence-corrected chi connectivity index (χ2v) is 6.58. The van der Waals surface area contributed by atoms with E-state index in [2.05, 4.69) is 30.5 Å². The molecule has 1 saturated carbocycles. The van der Waals surface area contributed by atoms with Crippen molar-refractivity contribution in [3.63, 3.8) is 0 Å². The van der Waals surface area contributed by atoms with Gasteiger partial charge in [0.15, 0.2) is 5.79 Å². The number of ether oxygens (including phenoxy) is 2. The van der Waals surface area contributed by atoms with Crippen LogP contribution in [0.1, 0.15) is 42.4 Å². The Balaban J connectivity index is 1.78. The van der Waals surface area contributed by atoms with E-state index in [0.717, 1.165) is 55.8 Å². The van der Waals surface area contributed by atoms with Crippen LogP contribution in [0.5, 0.6) is 0 Å². The molecule has 1 aliphatic carbocycles. The summed E-state index contributed by atoms with van der Waals surface area (Å²) >= 11 is 0. The molecular weight excluding hydrogens is 290 g/mol.